The van der Waals surface area contributed by atoms with E-state index in [1.54, 1.807) is 24.0 Å². The first-order valence-corrected chi connectivity index (χ1v) is 16.4. The first-order valence-electron chi connectivity index (χ1n) is 14.9. The van der Waals surface area contributed by atoms with Crippen LogP contribution in [0.25, 0.3) is 11.1 Å². The van der Waals surface area contributed by atoms with E-state index in [1.807, 2.05) is 32.2 Å². The number of aliphatic hydroxyl groups is 1. The van der Waals surface area contributed by atoms with Crippen LogP contribution in [-0.2, 0) is 16.6 Å². The average molecular weight is 632 g/mol. The number of rotatable bonds is 10. The average Bonchev–Trinajstić information content (AvgIpc) is 3.03. The Hall–Kier alpha value is -4.25. The molecule has 1 aliphatic heterocycles. The van der Waals surface area contributed by atoms with Crippen molar-refractivity contribution in [3.63, 3.8) is 0 Å². The predicted molar refractivity (Wildman–Crippen MR) is 173 cm³/mol. The van der Waals surface area contributed by atoms with Gasteiger partial charge in [0.2, 0.25) is 0 Å². The van der Waals surface area contributed by atoms with Crippen molar-refractivity contribution in [2.45, 2.75) is 37.4 Å². The van der Waals surface area contributed by atoms with Crippen LogP contribution in [0.3, 0.4) is 0 Å². The lowest BCUT2D eigenvalue weighted by Crippen LogP contribution is -2.49. The van der Waals surface area contributed by atoms with E-state index < -0.39 is 28.0 Å². The number of ether oxygens (including phenoxy) is 1. The molecule has 2 N–H and O–H groups in total. The van der Waals surface area contributed by atoms with E-state index in [0.29, 0.717) is 19.6 Å². The van der Waals surface area contributed by atoms with E-state index in [9.17, 15) is 22.7 Å². The van der Waals surface area contributed by atoms with Gasteiger partial charge in [0.15, 0.2) is 5.75 Å². The van der Waals surface area contributed by atoms with E-state index in [1.165, 1.54) is 18.2 Å². The molecule has 4 aromatic carbocycles. The smallest absolute Gasteiger partial charge is 0.262 e. The van der Waals surface area contributed by atoms with Crippen molar-refractivity contribution < 1.29 is 27.4 Å². The van der Waals surface area contributed by atoms with Crippen LogP contribution in [0.15, 0.2) is 102 Å². The third-order valence-electron chi connectivity index (χ3n) is 8.06. The van der Waals surface area contributed by atoms with Crippen LogP contribution >= 0.6 is 0 Å². The maximum Gasteiger partial charge on any atom is 0.262 e. The summed E-state index contributed by atoms with van der Waals surface area (Å²) in [5.41, 5.74) is 3.68. The lowest BCUT2D eigenvalue weighted by atomic mass is 9.98. The highest BCUT2D eigenvalue weighted by atomic mass is 32.2. The minimum atomic E-state index is -4.13. The van der Waals surface area contributed by atoms with Crippen LogP contribution in [0.5, 0.6) is 5.75 Å². The zero-order valence-electron chi connectivity index (χ0n) is 25.6. The number of sulfonamides is 1. The van der Waals surface area contributed by atoms with Crippen molar-refractivity contribution in [2.75, 3.05) is 31.5 Å². The molecule has 45 heavy (non-hydrogen) atoms. The molecule has 3 atom stereocenters. The number of nitrogens with one attached hydrogen (secondary N) is 1. The molecule has 8 nitrogen and oxygen atoms in total. The number of amides is 1. The number of nitrogens with zero attached hydrogens (tertiary/aromatic N) is 2. The van der Waals surface area contributed by atoms with Gasteiger partial charge in [0.1, 0.15) is 11.9 Å². The summed E-state index contributed by atoms with van der Waals surface area (Å²) in [6.45, 7) is 4.99. The maximum absolute atomic E-state index is 13.8. The van der Waals surface area contributed by atoms with Gasteiger partial charge < -0.3 is 14.7 Å². The molecule has 0 spiro atoms. The number of aliphatic hydroxyl groups excluding tert-OH is 1. The molecule has 10 heteroatoms. The number of hydrogen-bond acceptors (Lipinski definition) is 6. The molecular formula is C35H38FN3O5S. The lowest BCUT2D eigenvalue weighted by Gasteiger charge is -2.38. The number of carbonyl (C=O) groups excluding carboxylic acids is 1. The molecule has 4 aromatic rings. The number of carbonyl (C=O) groups is 1. The molecule has 5 rings (SSSR count). The Morgan fingerprint density at radius 1 is 0.978 bits per heavy atom. The number of hydrogen-bond donors (Lipinski definition) is 2. The molecule has 0 saturated heterocycles. The number of anilines is 1. The first-order chi connectivity index (χ1) is 21.6. The maximum atomic E-state index is 13.8. The molecular weight excluding hydrogens is 593 g/mol. The summed E-state index contributed by atoms with van der Waals surface area (Å²) >= 11 is 0. The summed E-state index contributed by atoms with van der Waals surface area (Å²) in [5.74, 6) is -0.980. The van der Waals surface area contributed by atoms with Crippen molar-refractivity contribution in [1.82, 2.24) is 9.80 Å². The fourth-order valence-corrected chi connectivity index (χ4v) is 6.54. The highest BCUT2D eigenvalue weighted by Crippen LogP contribution is 2.36. The molecule has 1 heterocycles. The monoisotopic (exact) mass is 631 g/mol. The molecule has 1 aliphatic rings. The van der Waals surface area contributed by atoms with Gasteiger partial charge in [-0.25, -0.2) is 12.8 Å². The largest absolute Gasteiger partial charge is 0.486 e. The number of likely N-dealkylation sites (N-methyl/N-ethyl adjacent to an activating group) is 1. The van der Waals surface area contributed by atoms with Crippen LogP contribution in [0.1, 0.15) is 29.8 Å². The molecule has 0 fully saturated rings. The van der Waals surface area contributed by atoms with Crippen molar-refractivity contribution in [3.05, 3.63) is 114 Å². The summed E-state index contributed by atoms with van der Waals surface area (Å²) in [6.07, 6.45) is -0.435. The Balaban J connectivity index is 1.42. The van der Waals surface area contributed by atoms with Gasteiger partial charge in [0, 0.05) is 25.6 Å². The SMILES string of the molecule is C[C@@H]1CN([C@@H](C)CO)C(=O)c2cccc(NS(=O)(=O)c3ccc(F)cc3)c2O[C@H]1CN(C)Cc1ccc(-c2ccccc2)cc1. The highest BCUT2D eigenvalue weighted by molar-refractivity contribution is 7.92. The van der Waals surface area contributed by atoms with Crippen molar-refractivity contribution in [2.24, 2.45) is 5.92 Å². The second-order valence-corrected chi connectivity index (χ2v) is 13.3. The Morgan fingerprint density at radius 2 is 1.64 bits per heavy atom. The van der Waals surface area contributed by atoms with Crippen molar-refractivity contribution >= 4 is 21.6 Å². The van der Waals surface area contributed by atoms with Crippen molar-refractivity contribution in [1.29, 1.82) is 0 Å². The molecule has 1 amide bonds. The highest BCUT2D eigenvalue weighted by Gasteiger charge is 2.35. The van der Waals surface area contributed by atoms with Gasteiger partial charge in [-0.3, -0.25) is 14.4 Å². The topological polar surface area (TPSA) is 99.2 Å². The van der Waals surface area contributed by atoms with Crippen LogP contribution in [0.4, 0.5) is 10.1 Å². The van der Waals surface area contributed by atoms with E-state index in [0.717, 1.165) is 28.8 Å². The number of fused-ring (bicyclic) bond motifs is 1. The molecule has 0 aromatic heterocycles. The Labute approximate surface area is 264 Å². The van der Waals surface area contributed by atoms with Gasteiger partial charge in [-0.1, -0.05) is 67.6 Å². The normalized spacial score (nSPS) is 17.6. The fraction of sp³-hybridized carbons (Fsp3) is 0.286. The summed E-state index contributed by atoms with van der Waals surface area (Å²) in [5, 5.41) is 9.97. The molecule has 0 aliphatic carbocycles. The minimum absolute atomic E-state index is 0.0973. The second kappa shape index (κ2) is 13.8. The quantitative estimate of drug-likeness (QED) is 0.235. The number of para-hydroxylation sites is 1. The summed E-state index contributed by atoms with van der Waals surface area (Å²) < 4.78 is 49.1. The third kappa shape index (κ3) is 7.53. The van der Waals surface area contributed by atoms with E-state index in [4.69, 9.17) is 4.74 Å². The zero-order chi connectivity index (χ0) is 32.1. The van der Waals surface area contributed by atoms with E-state index in [2.05, 4.69) is 46.0 Å². The molecule has 0 radical (unpaired) electrons. The van der Waals surface area contributed by atoms with E-state index >= 15 is 0 Å². The van der Waals surface area contributed by atoms with Crippen LogP contribution in [0, 0.1) is 11.7 Å². The van der Waals surface area contributed by atoms with Crippen molar-refractivity contribution in [3.8, 4) is 16.9 Å². The number of benzene rings is 4. The Kier molecular flexibility index (Phi) is 9.86. The molecule has 0 saturated carbocycles. The van der Waals surface area contributed by atoms with E-state index in [-0.39, 0.29) is 40.3 Å². The Morgan fingerprint density at radius 3 is 2.31 bits per heavy atom. The van der Waals surface area contributed by atoms with Gasteiger partial charge in [-0.15, -0.1) is 0 Å². The Bertz CT molecular complexity index is 1720. The molecule has 236 valence electrons. The summed E-state index contributed by atoms with van der Waals surface area (Å²) in [7, 11) is -2.14. The van der Waals surface area contributed by atoms with Gasteiger partial charge in [-0.2, -0.15) is 0 Å². The molecule has 0 unspecified atom stereocenters. The van der Waals surface area contributed by atoms with Crippen LogP contribution in [0.2, 0.25) is 0 Å². The zero-order valence-corrected chi connectivity index (χ0v) is 26.4. The first kappa shape index (κ1) is 32.2. The minimum Gasteiger partial charge on any atom is -0.486 e. The summed E-state index contributed by atoms with van der Waals surface area (Å²) in [6, 6.07) is 27.3. The van der Waals surface area contributed by atoms with Gasteiger partial charge in [0.05, 0.1) is 28.8 Å². The van der Waals surface area contributed by atoms with Gasteiger partial charge >= 0.3 is 0 Å². The number of halogens is 1. The second-order valence-electron chi connectivity index (χ2n) is 11.6. The molecule has 0 bridgehead atoms. The van der Waals surface area contributed by atoms with Gasteiger partial charge in [0.25, 0.3) is 15.9 Å². The fourth-order valence-electron chi connectivity index (χ4n) is 5.48. The van der Waals surface area contributed by atoms with Crippen LogP contribution < -0.4 is 9.46 Å². The standard InChI is InChI=1S/C35H38FN3O5S/c1-24-20-39(25(2)23-40)35(41)31-10-7-11-32(37-45(42,43)30-18-16-29(36)17-19-30)34(31)44-33(24)22-38(3)21-26-12-14-28(15-13-26)27-8-5-4-6-9-27/h4-19,24-25,33,37,40H,20-23H2,1-3H3/t24-,25+,33+/m1/s1. The predicted octanol–water partition coefficient (Wildman–Crippen LogP) is 5.65. The third-order valence-corrected chi connectivity index (χ3v) is 9.45. The van der Waals surface area contributed by atoms with Gasteiger partial charge in [-0.05, 0) is 67.1 Å². The lowest BCUT2D eigenvalue weighted by molar-refractivity contribution is 0.0344. The van der Waals surface area contributed by atoms with Crippen LogP contribution in [-0.4, -0.2) is 68.1 Å². The summed E-state index contributed by atoms with van der Waals surface area (Å²) in [4.78, 5) is 17.4.